The van der Waals surface area contributed by atoms with Gasteiger partial charge in [-0.15, -0.1) is 11.3 Å². The molecule has 1 amide bonds. The molecule has 1 aromatic carbocycles. The number of hydrogen-bond acceptors (Lipinski definition) is 5. The van der Waals surface area contributed by atoms with Crippen molar-refractivity contribution >= 4 is 43.9 Å². The van der Waals surface area contributed by atoms with Crippen LogP contribution in [0.3, 0.4) is 0 Å². The Kier molecular flexibility index (Phi) is 3.21. The number of carbonyl (C=O) groups excluding carboxylic acids is 1. The van der Waals surface area contributed by atoms with E-state index in [-0.39, 0.29) is 5.91 Å². The standard InChI is InChI=1S/C15H10N4OS2/c20-14(13-6-5-11(21-13)9-7-16-17-8-9)19-15-18-10-3-1-2-4-12(10)22-15/h1-8H,(H,16,17)(H,18,19,20). The lowest BCUT2D eigenvalue weighted by Crippen LogP contribution is -2.09. The zero-order chi connectivity index (χ0) is 14.9. The molecular formula is C15H10N4OS2. The van der Waals surface area contributed by atoms with Gasteiger partial charge in [-0.3, -0.25) is 15.2 Å². The Balaban J connectivity index is 1.57. The van der Waals surface area contributed by atoms with Gasteiger partial charge in [-0.05, 0) is 24.3 Å². The molecule has 0 aliphatic rings. The number of anilines is 1. The third-order valence-electron chi connectivity index (χ3n) is 3.13. The fraction of sp³-hybridized carbons (Fsp3) is 0. The van der Waals surface area contributed by atoms with Gasteiger partial charge >= 0.3 is 0 Å². The van der Waals surface area contributed by atoms with E-state index in [0.717, 1.165) is 20.7 Å². The Bertz CT molecular complexity index is 906. The van der Waals surface area contributed by atoms with Crippen LogP contribution in [0, 0.1) is 0 Å². The number of carbonyl (C=O) groups is 1. The van der Waals surface area contributed by atoms with E-state index < -0.39 is 0 Å². The minimum absolute atomic E-state index is 0.140. The second-order valence-electron chi connectivity index (χ2n) is 4.59. The molecule has 0 saturated carbocycles. The molecule has 2 N–H and O–H groups in total. The van der Waals surface area contributed by atoms with Crippen molar-refractivity contribution in [2.24, 2.45) is 0 Å². The number of thiazole rings is 1. The van der Waals surface area contributed by atoms with Crippen LogP contribution in [0.15, 0.2) is 48.8 Å². The van der Waals surface area contributed by atoms with Gasteiger partial charge in [-0.2, -0.15) is 5.10 Å². The molecule has 3 aromatic heterocycles. The van der Waals surface area contributed by atoms with Crippen LogP contribution >= 0.6 is 22.7 Å². The molecule has 0 fully saturated rings. The van der Waals surface area contributed by atoms with Crippen LogP contribution in [0.5, 0.6) is 0 Å². The minimum Gasteiger partial charge on any atom is -0.297 e. The topological polar surface area (TPSA) is 70.7 Å². The van der Waals surface area contributed by atoms with Crippen molar-refractivity contribution in [3.05, 3.63) is 53.7 Å². The summed E-state index contributed by atoms with van der Waals surface area (Å²) in [5, 5.41) is 10.2. The molecule has 22 heavy (non-hydrogen) atoms. The van der Waals surface area contributed by atoms with E-state index in [1.807, 2.05) is 36.4 Å². The largest absolute Gasteiger partial charge is 0.297 e. The number of nitrogens with zero attached hydrogens (tertiary/aromatic N) is 2. The number of para-hydroxylation sites is 1. The number of H-pyrrole nitrogens is 1. The van der Waals surface area contributed by atoms with Gasteiger partial charge in [0.25, 0.3) is 5.91 Å². The lowest BCUT2D eigenvalue weighted by atomic mass is 10.3. The molecule has 0 saturated heterocycles. The van der Waals surface area contributed by atoms with E-state index in [2.05, 4.69) is 20.5 Å². The predicted molar refractivity (Wildman–Crippen MR) is 89.5 cm³/mol. The summed E-state index contributed by atoms with van der Waals surface area (Å²) >= 11 is 2.90. The third kappa shape index (κ3) is 2.40. The Morgan fingerprint density at radius 2 is 2.05 bits per heavy atom. The first-order chi connectivity index (χ1) is 10.8. The molecule has 3 heterocycles. The van der Waals surface area contributed by atoms with Gasteiger partial charge in [0.1, 0.15) is 0 Å². The van der Waals surface area contributed by atoms with E-state index >= 15 is 0 Å². The highest BCUT2D eigenvalue weighted by Gasteiger charge is 2.13. The lowest BCUT2D eigenvalue weighted by Gasteiger charge is -1.97. The van der Waals surface area contributed by atoms with Gasteiger partial charge < -0.3 is 0 Å². The highest BCUT2D eigenvalue weighted by atomic mass is 32.1. The maximum absolute atomic E-state index is 12.3. The molecular weight excluding hydrogens is 316 g/mol. The second kappa shape index (κ2) is 5.36. The van der Waals surface area contributed by atoms with Gasteiger partial charge in [-0.25, -0.2) is 4.98 Å². The Morgan fingerprint density at radius 3 is 2.86 bits per heavy atom. The zero-order valence-corrected chi connectivity index (χ0v) is 12.9. The molecule has 0 aliphatic heterocycles. The average Bonchev–Trinajstić information content (AvgIpc) is 3.26. The summed E-state index contributed by atoms with van der Waals surface area (Å²) < 4.78 is 1.06. The first kappa shape index (κ1) is 13.2. The van der Waals surface area contributed by atoms with Crippen molar-refractivity contribution in [1.82, 2.24) is 15.2 Å². The number of fused-ring (bicyclic) bond motifs is 1. The van der Waals surface area contributed by atoms with Crippen molar-refractivity contribution in [3.63, 3.8) is 0 Å². The summed E-state index contributed by atoms with van der Waals surface area (Å²) in [6.07, 6.45) is 3.54. The van der Waals surface area contributed by atoms with Crippen molar-refractivity contribution in [2.75, 3.05) is 5.32 Å². The van der Waals surface area contributed by atoms with Crippen molar-refractivity contribution in [3.8, 4) is 10.4 Å². The van der Waals surface area contributed by atoms with E-state index in [4.69, 9.17) is 0 Å². The highest BCUT2D eigenvalue weighted by Crippen LogP contribution is 2.29. The second-order valence-corrected chi connectivity index (χ2v) is 6.71. The Labute approximate surface area is 133 Å². The lowest BCUT2D eigenvalue weighted by molar-refractivity contribution is 0.103. The van der Waals surface area contributed by atoms with Crippen LogP contribution in [-0.2, 0) is 0 Å². The number of hydrogen-bond donors (Lipinski definition) is 2. The molecule has 0 bridgehead atoms. The van der Waals surface area contributed by atoms with Gasteiger partial charge in [0.2, 0.25) is 0 Å². The molecule has 0 aliphatic carbocycles. The maximum atomic E-state index is 12.3. The first-order valence-electron chi connectivity index (χ1n) is 6.55. The van der Waals surface area contributed by atoms with Crippen LogP contribution < -0.4 is 5.32 Å². The fourth-order valence-electron chi connectivity index (χ4n) is 2.09. The van der Waals surface area contributed by atoms with E-state index in [0.29, 0.717) is 10.0 Å². The average molecular weight is 326 g/mol. The maximum Gasteiger partial charge on any atom is 0.267 e. The smallest absolute Gasteiger partial charge is 0.267 e. The van der Waals surface area contributed by atoms with Crippen molar-refractivity contribution in [1.29, 1.82) is 0 Å². The number of benzene rings is 1. The summed E-state index contributed by atoms with van der Waals surface area (Å²) in [5.74, 6) is -0.140. The molecule has 0 unspecified atom stereocenters. The molecule has 0 radical (unpaired) electrons. The molecule has 5 nitrogen and oxygen atoms in total. The summed E-state index contributed by atoms with van der Waals surface area (Å²) in [6.45, 7) is 0. The number of thiophene rings is 1. The van der Waals surface area contributed by atoms with Crippen LogP contribution in [0.2, 0.25) is 0 Å². The number of nitrogens with one attached hydrogen (secondary N) is 2. The van der Waals surface area contributed by atoms with Crippen LogP contribution in [-0.4, -0.2) is 21.1 Å². The Morgan fingerprint density at radius 1 is 1.14 bits per heavy atom. The Hall–Kier alpha value is -2.51. The molecule has 0 spiro atoms. The minimum atomic E-state index is -0.140. The summed E-state index contributed by atoms with van der Waals surface area (Å²) in [5.41, 5.74) is 1.87. The van der Waals surface area contributed by atoms with Gasteiger partial charge in [0, 0.05) is 16.6 Å². The van der Waals surface area contributed by atoms with E-state index in [1.54, 1.807) is 12.4 Å². The summed E-state index contributed by atoms with van der Waals surface area (Å²) in [6, 6.07) is 11.6. The molecule has 7 heteroatoms. The van der Waals surface area contributed by atoms with Crippen LogP contribution in [0.4, 0.5) is 5.13 Å². The molecule has 4 rings (SSSR count). The van der Waals surface area contributed by atoms with Crippen molar-refractivity contribution < 1.29 is 4.79 Å². The molecule has 4 aromatic rings. The normalized spacial score (nSPS) is 10.9. The summed E-state index contributed by atoms with van der Waals surface area (Å²) in [7, 11) is 0. The molecule has 0 atom stereocenters. The highest BCUT2D eigenvalue weighted by molar-refractivity contribution is 7.22. The SMILES string of the molecule is O=C(Nc1nc2ccccc2s1)c1ccc(-c2cn[nH]c2)s1. The number of amides is 1. The number of aromatic amines is 1. The van der Waals surface area contributed by atoms with Crippen molar-refractivity contribution in [2.45, 2.75) is 0 Å². The van der Waals surface area contributed by atoms with Gasteiger partial charge in [-0.1, -0.05) is 23.5 Å². The number of aromatic nitrogens is 3. The van der Waals surface area contributed by atoms with Crippen LogP contribution in [0.1, 0.15) is 9.67 Å². The monoisotopic (exact) mass is 326 g/mol. The first-order valence-corrected chi connectivity index (χ1v) is 8.19. The zero-order valence-electron chi connectivity index (χ0n) is 11.2. The number of rotatable bonds is 3. The van der Waals surface area contributed by atoms with E-state index in [9.17, 15) is 4.79 Å². The van der Waals surface area contributed by atoms with Gasteiger partial charge in [0.15, 0.2) is 5.13 Å². The van der Waals surface area contributed by atoms with Gasteiger partial charge in [0.05, 0.1) is 21.3 Å². The molecule has 108 valence electrons. The summed E-state index contributed by atoms with van der Waals surface area (Å²) in [4.78, 5) is 18.4. The van der Waals surface area contributed by atoms with Crippen LogP contribution in [0.25, 0.3) is 20.7 Å². The quantitative estimate of drug-likeness (QED) is 0.598. The third-order valence-corrected chi connectivity index (χ3v) is 5.21. The van der Waals surface area contributed by atoms with E-state index in [1.165, 1.54) is 22.7 Å². The fourth-order valence-corrected chi connectivity index (χ4v) is 3.83. The predicted octanol–water partition coefficient (Wildman–Crippen LogP) is 4.00.